The average molecular weight is 254 g/mol. The number of carboxylic acids is 1. The third kappa shape index (κ3) is 3.51. The Balaban J connectivity index is 2.78. The number of nitrogens with zero attached hydrogens (tertiary/aromatic N) is 1. The summed E-state index contributed by atoms with van der Waals surface area (Å²) in [6.45, 7) is 3.58. The summed E-state index contributed by atoms with van der Waals surface area (Å²) in [6, 6.07) is 1.34. The molecule has 0 aliphatic rings. The molecule has 0 aromatic carbocycles. The summed E-state index contributed by atoms with van der Waals surface area (Å²) in [5.74, 6) is -2.55. The maximum absolute atomic E-state index is 12.6. The number of carboxylic acid groups (broad SMARTS) is 1. The van der Waals surface area contributed by atoms with E-state index in [0.29, 0.717) is 6.42 Å². The van der Waals surface area contributed by atoms with E-state index in [0.717, 1.165) is 12.3 Å². The minimum Gasteiger partial charge on any atom is -0.480 e. The number of aliphatic carboxylic acids is 1. The summed E-state index contributed by atoms with van der Waals surface area (Å²) in [5, 5.41) is 11.4. The minimum atomic E-state index is -1.09. The lowest BCUT2D eigenvalue weighted by atomic mass is 9.99. The number of aromatic nitrogens is 1. The van der Waals surface area contributed by atoms with Crippen LogP contribution in [0.4, 0.5) is 4.39 Å². The van der Waals surface area contributed by atoms with Gasteiger partial charge >= 0.3 is 5.97 Å². The molecule has 1 amide bonds. The fourth-order valence-corrected chi connectivity index (χ4v) is 1.42. The molecule has 1 aromatic rings. The van der Waals surface area contributed by atoms with Crippen molar-refractivity contribution in [3.8, 4) is 0 Å². The second-order valence-corrected chi connectivity index (χ2v) is 4.04. The summed E-state index contributed by atoms with van der Waals surface area (Å²) >= 11 is 0. The molecule has 0 saturated heterocycles. The highest BCUT2D eigenvalue weighted by Crippen LogP contribution is 2.09. The fourth-order valence-electron chi connectivity index (χ4n) is 1.42. The lowest BCUT2D eigenvalue weighted by molar-refractivity contribution is -0.140. The van der Waals surface area contributed by atoms with E-state index in [4.69, 9.17) is 5.11 Å². The normalized spacial score (nSPS) is 13.7. The van der Waals surface area contributed by atoms with Gasteiger partial charge in [0.1, 0.15) is 6.04 Å². The Labute approximate surface area is 104 Å². The lowest BCUT2D eigenvalue weighted by Crippen LogP contribution is -2.45. The number of rotatable bonds is 5. The van der Waals surface area contributed by atoms with Gasteiger partial charge in [-0.15, -0.1) is 0 Å². The highest BCUT2D eigenvalue weighted by atomic mass is 19.1. The largest absolute Gasteiger partial charge is 0.480 e. The molecule has 0 aliphatic carbocycles. The Kier molecular flexibility index (Phi) is 4.76. The third-order valence-corrected chi connectivity index (χ3v) is 2.76. The maximum Gasteiger partial charge on any atom is 0.326 e. The molecule has 0 radical (unpaired) electrons. The van der Waals surface area contributed by atoms with Crippen molar-refractivity contribution < 1.29 is 19.1 Å². The van der Waals surface area contributed by atoms with Gasteiger partial charge in [0, 0.05) is 6.20 Å². The van der Waals surface area contributed by atoms with Crippen molar-refractivity contribution in [2.45, 2.75) is 26.3 Å². The van der Waals surface area contributed by atoms with Crippen molar-refractivity contribution in [1.29, 1.82) is 0 Å². The molecule has 0 aliphatic heterocycles. The summed E-state index contributed by atoms with van der Waals surface area (Å²) in [6.07, 6.45) is 1.69. The Morgan fingerprint density at radius 3 is 2.61 bits per heavy atom. The van der Waals surface area contributed by atoms with Crippen molar-refractivity contribution in [3.63, 3.8) is 0 Å². The number of hydrogen-bond donors (Lipinski definition) is 2. The van der Waals surface area contributed by atoms with E-state index in [1.807, 2.05) is 6.92 Å². The Hall–Kier alpha value is -1.98. The van der Waals surface area contributed by atoms with Gasteiger partial charge in [0.05, 0.1) is 5.56 Å². The van der Waals surface area contributed by atoms with E-state index in [2.05, 4.69) is 10.3 Å². The molecular weight excluding hydrogens is 239 g/mol. The number of halogens is 1. The molecule has 6 heteroatoms. The van der Waals surface area contributed by atoms with Crippen LogP contribution in [-0.4, -0.2) is 28.0 Å². The van der Waals surface area contributed by atoms with Crippen LogP contribution in [0.2, 0.25) is 0 Å². The van der Waals surface area contributed by atoms with E-state index in [-0.39, 0.29) is 11.5 Å². The first-order valence-electron chi connectivity index (χ1n) is 5.61. The van der Waals surface area contributed by atoms with Crippen molar-refractivity contribution in [2.75, 3.05) is 0 Å². The van der Waals surface area contributed by atoms with Crippen LogP contribution in [0.5, 0.6) is 0 Å². The highest BCUT2D eigenvalue weighted by Gasteiger charge is 2.25. The SMILES string of the molecule is CC[C@H](C)[C@H](NC(=O)c1ccc(F)nc1)C(=O)O. The van der Waals surface area contributed by atoms with Crippen molar-refractivity contribution in [1.82, 2.24) is 10.3 Å². The van der Waals surface area contributed by atoms with Gasteiger partial charge in [-0.3, -0.25) is 4.79 Å². The van der Waals surface area contributed by atoms with Crippen LogP contribution in [-0.2, 0) is 4.79 Å². The van der Waals surface area contributed by atoms with Gasteiger partial charge in [0.25, 0.3) is 5.91 Å². The molecule has 1 heterocycles. The van der Waals surface area contributed by atoms with E-state index < -0.39 is 23.9 Å². The summed E-state index contributed by atoms with van der Waals surface area (Å²) in [4.78, 5) is 26.1. The first kappa shape index (κ1) is 14.1. The molecule has 1 rings (SSSR count). The van der Waals surface area contributed by atoms with Crippen LogP contribution < -0.4 is 5.32 Å². The smallest absolute Gasteiger partial charge is 0.326 e. The van der Waals surface area contributed by atoms with Gasteiger partial charge < -0.3 is 10.4 Å². The average Bonchev–Trinajstić information content (AvgIpc) is 2.35. The molecule has 0 spiro atoms. The monoisotopic (exact) mass is 254 g/mol. The second kappa shape index (κ2) is 6.09. The van der Waals surface area contributed by atoms with Crippen molar-refractivity contribution in [2.24, 2.45) is 5.92 Å². The molecule has 98 valence electrons. The molecule has 0 fully saturated rings. The molecule has 5 nitrogen and oxygen atoms in total. The summed E-state index contributed by atoms with van der Waals surface area (Å²) in [5.41, 5.74) is 0.131. The van der Waals surface area contributed by atoms with Gasteiger partial charge in [-0.1, -0.05) is 20.3 Å². The lowest BCUT2D eigenvalue weighted by Gasteiger charge is -2.19. The van der Waals surface area contributed by atoms with Crippen LogP contribution in [0.1, 0.15) is 30.6 Å². The van der Waals surface area contributed by atoms with E-state index in [9.17, 15) is 14.0 Å². The molecule has 0 unspecified atom stereocenters. The van der Waals surface area contributed by atoms with Gasteiger partial charge in [-0.05, 0) is 18.1 Å². The van der Waals surface area contributed by atoms with Gasteiger partial charge in [0.15, 0.2) is 0 Å². The van der Waals surface area contributed by atoms with Gasteiger partial charge in [0.2, 0.25) is 5.95 Å². The number of pyridine rings is 1. The maximum atomic E-state index is 12.6. The zero-order chi connectivity index (χ0) is 13.7. The topological polar surface area (TPSA) is 79.3 Å². The molecule has 1 aromatic heterocycles. The standard InChI is InChI=1S/C12H15FN2O3/c1-3-7(2)10(12(17)18)15-11(16)8-4-5-9(13)14-6-8/h4-7,10H,3H2,1-2H3,(H,15,16)(H,17,18)/t7-,10-/m0/s1. The number of nitrogens with one attached hydrogen (secondary N) is 1. The second-order valence-electron chi connectivity index (χ2n) is 4.04. The third-order valence-electron chi connectivity index (χ3n) is 2.76. The number of carbonyl (C=O) groups is 2. The Bertz CT molecular complexity index is 433. The Morgan fingerprint density at radius 1 is 1.50 bits per heavy atom. The summed E-state index contributed by atoms with van der Waals surface area (Å²) < 4.78 is 12.6. The van der Waals surface area contributed by atoms with E-state index in [1.54, 1.807) is 6.92 Å². The number of amides is 1. The van der Waals surface area contributed by atoms with Crippen LogP contribution in [0, 0.1) is 11.9 Å². The summed E-state index contributed by atoms with van der Waals surface area (Å²) in [7, 11) is 0. The number of hydrogen-bond acceptors (Lipinski definition) is 3. The molecule has 2 atom stereocenters. The molecule has 18 heavy (non-hydrogen) atoms. The molecule has 0 bridgehead atoms. The quantitative estimate of drug-likeness (QED) is 0.779. The van der Waals surface area contributed by atoms with Gasteiger partial charge in [-0.25, -0.2) is 9.78 Å². The molecular formula is C12H15FN2O3. The van der Waals surface area contributed by atoms with Crippen LogP contribution in [0.25, 0.3) is 0 Å². The molecule has 0 saturated carbocycles. The van der Waals surface area contributed by atoms with Crippen LogP contribution in [0.3, 0.4) is 0 Å². The van der Waals surface area contributed by atoms with Gasteiger partial charge in [-0.2, -0.15) is 4.39 Å². The predicted molar refractivity (Wildman–Crippen MR) is 62.5 cm³/mol. The minimum absolute atomic E-state index is 0.131. The first-order valence-corrected chi connectivity index (χ1v) is 5.61. The van der Waals surface area contributed by atoms with E-state index in [1.165, 1.54) is 6.07 Å². The van der Waals surface area contributed by atoms with Crippen molar-refractivity contribution >= 4 is 11.9 Å². The fraction of sp³-hybridized carbons (Fsp3) is 0.417. The highest BCUT2D eigenvalue weighted by molar-refractivity contribution is 5.96. The first-order chi connectivity index (χ1) is 8.45. The van der Waals surface area contributed by atoms with Crippen molar-refractivity contribution in [3.05, 3.63) is 29.8 Å². The van der Waals surface area contributed by atoms with Crippen LogP contribution >= 0.6 is 0 Å². The van der Waals surface area contributed by atoms with Crippen LogP contribution in [0.15, 0.2) is 18.3 Å². The predicted octanol–water partition coefficient (Wildman–Crippen LogP) is 1.45. The molecule has 2 N–H and O–H groups in total. The van der Waals surface area contributed by atoms with E-state index >= 15 is 0 Å². The Morgan fingerprint density at radius 2 is 2.17 bits per heavy atom. The number of carbonyl (C=O) groups excluding carboxylic acids is 1. The zero-order valence-corrected chi connectivity index (χ0v) is 10.2. The zero-order valence-electron chi connectivity index (χ0n) is 10.2.